The fourth-order valence-electron chi connectivity index (χ4n) is 2.05. The molecule has 0 aliphatic heterocycles. The summed E-state index contributed by atoms with van der Waals surface area (Å²) in [5.74, 6) is 0.193. The summed E-state index contributed by atoms with van der Waals surface area (Å²) in [4.78, 5) is 11.7. The number of hydrogen-bond acceptors (Lipinski definition) is 2. The summed E-state index contributed by atoms with van der Waals surface area (Å²) < 4.78 is 12.8. The molecule has 0 heterocycles. The average Bonchev–Trinajstić information content (AvgIpc) is 3.06. The highest BCUT2D eigenvalue weighted by molar-refractivity contribution is 5.81. The first-order valence-corrected chi connectivity index (χ1v) is 6.23. The van der Waals surface area contributed by atoms with Crippen LogP contribution in [0.4, 0.5) is 4.39 Å². The Hall–Kier alpha value is -1.42. The smallest absolute Gasteiger partial charge is 0.223 e. The van der Waals surface area contributed by atoms with E-state index in [4.69, 9.17) is 0 Å². The maximum Gasteiger partial charge on any atom is 0.223 e. The number of aliphatic hydroxyl groups is 1. The van der Waals surface area contributed by atoms with Gasteiger partial charge in [-0.05, 0) is 37.0 Å². The van der Waals surface area contributed by atoms with E-state index in [1.54, 1.807) is 6.92 Å². The molecule has 1 aromatic carbocycles. The van der Waals surface area contributed by atoms with Crippen LogP contribution in [0.15, 0.2) is 24.3 Å². The molecule has 18 heavy (non-hydrogen) atoms. The number of aliphatic hydroxyl groups excluding tert-OH is 1. The van der Waals surface area contributed by atoms with Crippen LogP contribution in [0.5, 0.6) is 0 Å². The third kappa shape index (κ3) is 2.88. The van der Waals surface area contributed by atoms with E-state index in [1.165, 1.54) is 24.3 Å². The predicted molar refractivity (Wildman–Crippen MR) is 66.2 cm³/mol. The van der Waals surface area contributed by atoms with E-state index in [9.17, 15) is 14.3 Å². The van der Waals surface area contributed by atoms with Crippen molar-refractivity contribution in [2.75, 3.05) is 0 Å². The zero-order chi connectivity index (χ0) is 13.3. The van der Waals surface area contributed by atoms with Gasteiger partial charge in [0.25, 0.3) is 0 Å². The largest absolute Gasteiger partial charge is 0.386 e. The number of amides is 1. The monoisotopic (exact) mass is 251 g/mol. The highest BCUT2D eigenvalue weighted by Gasteiger charge is 2.39. The average molecular weight is 251 g/mol. The molecule has 1 aliphatic rings. The number of halogens is 1. The summed E-state index contributed by atoms with van der Waals surface area (Å²) in [7, 11) is 0. The van der Waals surface area contributed by atoms with Gasteiger partial charge in [-0.3, -0.25) is 4.79 Å². The minimum atomic E-state index is -0.816. The van der Waals surface area contributed by atoms with E-state index >= 15 is 0 Å². The molecule has 3 nitrogen and oxygen atoms in total. The van der Waals surface area contributed by atoms with Crippen LogP contribution in [-0.4, -0.2) is 17.1 Å². The second kappa shape index (κ2) is 5.06. The van der Waals surface area contributed by atoms with Gasteiger partial charge in [-0.15, -0.1) is 0 Å². The van der Waals surface area contributed by atoms with Gasteiger partial charge in [0.15, 0.2) is 0 Å². The lowest BCUT2D eigenvalue weighted by atomic mass is 10.0. The lowest BCUT2D eigenvalue weighted by Gasteiger charge is -2.20. The lowest BCUT2D eigenvalue weighted by Crippen LogP contribution is -2.38. The van der Waals surface area contributed by atoms with E-state index < -0.39 is 6.10 Å². The molecule has 0 spiro atoms. The summed E-state index contributed by atoms with van der Waals surface area (Å²) in [5.41, 5.74) is 0.605. The zero-order valence-corrected chi connectivity index (χ0v) is 10.6. The highest BCUT2D eigenvalue weighted by Crippen LogP contribution is 2.37. The van der Waals surface area contributed by atoms with Gasteiger partial charge in [-0.25, -0.2) is 4.39 Å². The Morgan fingerprint density at radius 1 is 1.44 bits per heavy atom. The molecule has 1 fully saturated rings. The Kier molecular flexibility index (Phi) is 3.66. The van der Waals surface area contributed by atoms with Gasteiger partial charge >= 0.3 is 0 Å². The van der Waals surface area contributed by atoms with Crippen LogP contribution in [0.2, 0.25) is 0 Å². The maximum absolute atomic E-state index is 12.8. The molecule has 2 N–H and O–H groups in total. The number of nitrogens with one attached hydrogen (secondary N) is 1. The summed E-state index contributed by atoms with van der Waals surface area (Å²) in [6.45, 7) is 3.78. The molecule has 0 radical (unpaired) electrons. The van der Waals surface area contributed by atoms with Crippen molar-refractivity contribution in [1.29, 1.82) is 0 Å². The molecule has 4 unspecified atom stereocenters. The molecule has 0 saturated heterocycles. The minimum absolute atomic E-state index is 0.00355. The molecular formula is C14H18FNO2. The van der Waals surface area contributed by atoms with Crippen molar-refractivity contribution in [1.82, 2.24) is 5.32 Å². The van der Waals surface area contributed by atoms with Crippen LogP contribution in [0.3, 0.4) is 0 Å². The Bertz CT molecular complexity index is 432. The number of hydrogen-bond donors (Lipinski definition) is 2. The van der Waals surface area contributed by atoms with Crippen molar-refractivity contribution >= 4 is 5.91 Å². The fraction of sp³-hybridized carbons (Fsp3) is 0.500. The van der Waals surface area contributed by atoms with Crippen LogP contribution >= 0.6 is 0 Å². The summed E-state index contributed by atoms with van der Waals surface area (Å²) >= 11 is 0. The fourth-order valence-corrected chi connectivity index (χ4v) is 2.05. The Balaban J connectivity index is 1.93. The molecule has 98 valence electrons. The third-order valence-electron chi connectivity index (χ3n) is 3.50. The second-order valence-electron chi connectivity index (χ2n) is 5.11. The molecule has 2 rings (SSSR count). The second-order valence-corrected chi connectivity index (χ2v) is 5.11. The first kappa shape index (κ1) is 13.0. The lowest BCUT2D eigenvalue weighted by molar-refractivity contribution is -0.124. The van der Waals surface area contributed by atoms with Crippen molar-refractivity contribution in [3.8, 4) is 0 Å². The van der Waals surface area contributed by atoms with Crippen molar-refractivity contribution in [3.05, 3.63) is 35.6 Å². The van der Waals surface area contributed by atoms with E-state index in [0.717, 1.165) is 6.42 Å². The molecule has 1 aromatic rings. The van der Waals surface area contributed by atoms with Gasteiger partial charge in [0.2, 0.25) is 5.91 Å². The normalized spacial score (nSPS) is 25.3. The van der Waals surface area contributed by atoms with Crippen LogP contribution in [0.1, 0.15) is 31.9 Å². The maximum atomic E-state index is 12.8. The van der Waals surface area contributed by atoms with E-state index in [1.807, 2.05) is 6.92 Å². The number of carbonyl (C=O) groups is 1. The molecule has 1 aliphatic carbocycles. The van der Waals surface area contributed by atoms with Crippen molar-refractivity contribution in [3.63, 3.8) is 0 Å². The Labute approximate surface area is 106 Å². The number of rotatable bonds is 4. The first-order chi connectivity index (χ1) is 8.49. The molecular weight excluding hydrogens is 233 g/mol. The van der Waals surface area contributed by atoms with Gasteiger partial charge in [-0.2, -0.15) is 0 Å². The van der Waals surface area contributed by atoms with Gasteiger partial charge < -0.3 is 10.4 Å². The Morgan fingerprint density at radius 3 is 2.50 bits per heavy atom. The predicted octanol–water partition coefficient (Wildman–Crippen LogP) is 2.02. The van der Waals surface area contributed by atoms with Crippen molar-refractivity contribution in [2.24, 2.45) is 11.8 Å². The SMILES string of the molecule is CC1CC1C(=O)NC(C)C(O)c1ccc(F)cc1. The zero-order valence-electron chi connectivity index (χ0n) is 10.6. The quantitative estimate of drug-likeness (QED) is 0.860. The minimum Gasteiger partial charge on any atom is -0.386 e. The molecule has 1 amide bonds. The van der Waals surface area contributed by atoms with Crippen molar-refractivity contribution in [2.45, 2.75) is 32.4 Å². The standard InChI is InChI=1S/C14H18FNO2/c1-8-7-12(8)14(18)16-9(2)13(17)10-3-5-11(15)6-4-10/h3-6,8-9,12-13,17H,7H2,1-2H3,(H,16,18). The van der Waals surface area contributed by atoms with Gasteiger partial charge in [0.1, 0.15) is 5.82 Å². The van der Waals surface area contributed by atoms with Gasteiger partial charge in [0.05, 0.1) is 12.1 Å². The number of carbonyl (C=O) groups excluding carboxylic acids is 1. The van der Waals surface area contributed by atoms with Crippen LogP contribution in [0.25, 0.3) is 0 Å². The van der Waals surface area contributed by atoms with E-state index in [0.29, 0.717) is 11.5 Å². The van der Waals surface area contributed by atoms with E-state index in [-0.39, 0.29) is 23.7 Å². The van der Waals surface area contributed by atoms with Crippen LogP contribution in [0, 0.1) is 17.7 Å². The molecule has 0 bridgehead atoms. The van der Waals surface area contributed by atoms with Crippen molar-refractivity contribution < 1.29 is 14.3 Å². The first-order valence-electron chi connectivity index (χ1n) is 6.23. The van der Waals surface area contributed by atoms with E-state index in [2.05, 4.69) is 5.32 Å². The van der Waals surface area contributed by atoms with Crippen LogP contribution in [-0.2, 0) is 4.79 Å². The molecule has 1 saturated carbocycles. The molecule has 0 aromatic heterocycles. The van der Waals surface area contributed by atoms with Gasteiger partial charge in [0, 0.05) is 5.92 Å². The Morgan fingerprint density at radius 2 is 2.00 bits per heavy atom. The molecule has 4 atom stereocenters. The third-order valence-corrected chi connectivity index (χ3v) is 3.50. The summed E-state index contributed by atoms with van der Waals surface area (Å²) in [6.07, 6.45) is 0.106. The topological polar surface area (TPSA) is 49.3 Å². The van der Waals surface area contributed by atoms with Gasteiger partial charge in [-0.1, -0.05) is 19.1 Å². The van der Waals surface area contributed by atoms with Crippen LogP contribution < -0.4 is 5.32 Å². The molecule has 4 heteroatoms. The highest BCUT2D eigenvalue weighted by atomic mass is 19.1. The summed E-state index contributed by atoms with van der Waals surface area (Å²) in [6, 6.07) is 5.28. The summed E-state index contributed by atoms with van der Waals surface area (Å²) in [5, 5.41) is 12.9. The number of benzene rings is 1.